The van der Waals surface area contributed by atoms with E-state index in [1.165, 1.54) is 0 Å². The summed E-state index contributed by atoms with van der Waals surface area (Å²) in [5.74, 6) is 0.131. The quantitative estimate of drug-likeness (QED) is 0.892. The SMILES string of the molecule is Cl.NCC(=CF)Cn1oc2c(c1=O)C(=O)N(C1CC1)CC2. The molecule has 0 radical (unpaired) electrons. The molecule has 0 bridgehead atoms. The summed E-state index contributed by atoms with van der Waals surface area (Å²) in [7, 11) is 0. The lowest BCUT2D eigenvalue weighted by atomic mass is 10.1. The van der Waals surface area contributed by atoms with Gasteiger partial charge in [0.05, 0.1) is 12.9 Å². The third kappa shape index (κ3) is 2.75. The molecule has 0 spiro atoms. The first-order valence-corrected chi connectivity index (χ1v) is 6.68. The van der Waals surface area contributed by atoms with E-state index in [2.05, 4.69) is 0 Å². The zero-order valence-corrected chi connectivity index (χ0v) is 12.2. The second kappa shape index (κ2) is 6.03. The minimum Gasteiger partial charge on any atom is -0.380 e. The highest BCUT2D eigenvalue weighted by Crippen LogP contribution is 2.30. The maximum atomic E-state index is 12.5. The van der Waals surface area contributed by atoms with E-state index in [0.717, 1.165) is 17.6 Å². The molecule has 6 nitrogen and oxygen atoms in total. The number of halogens is 2. The number of nitrogens with zero attached hydrogens (tertiary/aromatic N) is 2. The van der Waals surface area contributed by atoms with Crippen LogP contribution in [0.15, 0.2) is 21.2 Å². The van der Waals surface area contributed by atoms with Crippen molar-refractivity contribution in [3.8, 4) is 0 Å². The summed E-state index contributed by atoms with van der Waals surface area (Å²) in [6, 6.07) is 0.267. The summed E-state index contributed by atoms with van der Waals surface area (Å²) in [6.45, 7) is 0.512. The van der Waals surface area contributed by atoms with E-state index in [9.17, 15) is 14.0 Å². The van der Waals surface area contributed by atoms with Gasteiger partial charge in [-0.3, -0.25) is 9.59 Å². The maximum absolute atomic E-state index is 12.5. The van der Waals surface area contributed by atoms with Crippen LogP contribution in [0.2, 0.25) is 0 Å². The van der Waals surface area contributed by atoms with Gasteiger partial charge in [-0.25, -0.2) is 4.39 Å². The lowest BCUT2D eigenvalue weighted by molar-refractivity contribution is 0.0716. The largest absolute Gasteiger partial charge is 0.380 e. The van der Waals surface area contributed by atoms with Crippen molar-refractivity contribution < 1.29 is 13.7 Å². The first-order chi connectivity index (χ1) is 9.65. The molecule has 0 unspecified atom stereocenters. The van der Waals surface area contributed by atoms with Gasteiger partial charge in [-0.05, 0) is 18.4 Å². The first-order valence-electron chi connectivity index (χ1n) is 6.68. The van der Waals surface area contributed by atoms with Crippen molar-refractivity contribution in [3.05, 3.63) is 33.6 Å². The Kier molecular flexibility index (Phi) is 4.53. The highest BCUT2D eigenvalue weighted by Gasteiger charge is 2.39. The number of carbonyl (C=O) groups is 1. The molecule has 1 aromatic rings. The van der Waals surface area contributed by atoms with Crippen molar-refractivity contribution in [1.29, 1.82) is 0 Å². The smallest absolute Gasteiger partial charge is 0.295 e. The monoisotopic (exact) mass is 317 g/mol. The van der Waals surface area contributed by atoms with Crippen LogP contribution in [0.5, 0.6) is 0 Å². The summed E-state index contributed by atoms with van der Waals surface area (Å²) in [5, 5.41) is 0. The van der Waals surface area contributed by atoms with Crippen molar-refractivity contribution in [2.24, 2.45) is 5.73 Å². The highest BCUT2D eigenvalue weighted by molar-refractivity contribution is 5.96. The summed E-state index contributed by atoms with van der Waals surface area (Å²) in [4.78, 5) is 26.2. The minimum absolute atomic E-state index is 0. The minimum atomic E-state index is -0.497. The second-order valence-corrected chi connectivity index (χ2v) is 5.18. The van der Waals surface area contributed by atoms with Crippen molar-refractivity contribution in [2.75, 3.05) is 13.1 Å². The second-order valence-electron chi connectivity index (χ2n) is 5.18. The number of aromatic nitrogens is 1. The maximum Gasteiger partial charge on any atom is 0.295 e. The Balaban J connectivity index is 0.00000161. The van der Waals surface area contributed by atoms with Crippen LogP contribution in [0.25, 0.3) is 0 Å². The summed E-state index contributed by atoms with van der Waals surface area (Å²) < 4.78 is 18.9. The van der Waals surface area contributed by atoms with Gasteiger partial charge in [-0.2, -0.15) is 4.74 Å². The van der Waals surface area contributed by atoms with Crippen LogP contribution in [-0.4, -0.2) is 34.7 Å². The molecule has 1 aliphatic heterocycles. The van der Waals surface area contributed by atoms with E-state index >= 15 is 0 Å². The van der Waals surface area contributed by atoms with Gasteiger partial charge in [0.2, 0.25) is 0 Å². The topological polar surface area (TPSA) is 81.5 Å². The molecule has 0 saturated heterocycles. The Hall–Kier alpha value is -1.60. The van der Waals surface area contributed by atoms with Crippen LogP contribution in [0, 0.1) is 0 Å². The zero-order valence-electron chi connectivity index (χ0n) is 11.4. The van der Waals surface area contributed by atoms with Crippen LogP contribution in [-0.2, 0) is 13.0 Å². The molecule has 0 atom stereocenters. The number of nitrogens with two attached hydrogens (primary N) is 1. The van der Waals surface area contributed by atoms with Crippen molar-refractivity contribution in [2.45, 2.75) is 31.8 Å². The van der Waals surface area contributed by atoms with E-state index in [4.69, 9.17) is 10.3 Å². The molecule has 1 aliphatic carbocycles. The summed E-state index contributed by atoms with van der Waals surface area (Å²) in [6.07, 6.45) is 2.88. The van der Waals surface area contributed by atoms with E-state index in [1.54, 1.807) is 4.90 Å². The van der Waals surface area contributed by atoms with E-state index in [-0.39, 0.29) is 48.6 Å². The molecule has 8 heteroatoms. The average molecular weight is 318 g/mol. The number of hydrogen-bond acceptors (Lipinski definition) is 4. The third-order valence-corrected chi connectivity index (χ3v) is 3.74. The number of hydrogen-bond donors (Lipinski definition) is 1. The van der Waals surface area contributed by atoms with Crippen molar-refractivity contribution in [1.82, 2.24) is 9.64 Å². The summed E-state index contributed by atoms with van der Waals surface area (Å²) >= 11 is 0. The molecule has 0 aromatic carbocycles. The number of carbonyl (C=O) groups excluding carboxylic acids is 1. The molecule has 116 valence electrons. The molecule has 21 heavy (non-hydrogen) atoms. The predicted octanol–water partition coefficient (Wildman–Crippen LogP) is 0.836. The number of fused-ring (bicyclic) bond motifs is 1. The summed E-state index contributed by atoms with van der Waals surface area (Å²) in [5.41, 5.74) is 5.20. The lowest BCUT2D eigenvalue weighted by Gasteiger charge is -2.24. The predicted molar refractivity (Wildman–Crippen MR) is 76.2 cm³/mol. The van der Waals surface area contributed by atoms with Gasteiger partial charge in [-0.15, -0.1) is 12.4 Å². The Bertz CT molecular complexity index is 633. The molecule has 2 N–H and O–H groups in total. The van der Waals surface area contributed by atoms with Gasteiger partial charge >= 0.3 is 0 Å². The van der Waals surface area contributed by atoms with Crippen LogP contribution in [0.3, 0.4) is 0 Å². The third-order valence-electron chi connectivity index (χ3n) is 3.74. The molecule has 1 saturated carbocycles. The lowest BCUT2D eigenvalue weighted by Crippen LogP contribution is -2.41. The van der Waals surface area contributed by atoms with Gasteiger partial charge in [0.15, 0.2) is 5.76 Å². The molecule has 3 rings (SSSR count). The zero-order chi connectivity index (χ0) is 14.3. The molecule has 2 aliphatic rings. The van der Waals surface area contributed by atoms with E-state index in [1.807, 2.05) is 0 Å². The Morgan fingerprint density at radius 3 is 2.71 bits per heavy atom. The van der Waals surface area contributed by atoms with E-state index < -0.39 is 5.56 Å². The molecular formula is C13H17ClFN3O3. The molecule has 1 aromatic heterocycles. The molecular weight excluding hydrogens is 301 g/mol. The first kappa shape index (κ1) is 15.8. The molecule has 1 amide bonds. The van der Waals surface area contributed by atoms with Gasteiger partial charge in [-0.1, -0.05) is 0 Å². The molecule has 2 heterocycles. The fourth-order valence-electron chi connectivity index (χ4n) is 2.48. The highest BCUT2D eigenvalue weighted by atomic mass is 35.5. The number of rotatable bonds is 4. The van der Waals surface area contributed by atoms with Gasteiger partial charge in [0.25, 0.3) is 11.5 Å². The van der Waals surface area contributed by atoms with Crippen molar-refractivity contribution >= 4 is 18.3 Å². The average Bonchev–Trinajstić information content (AvgIpc) is 3.22. The van der Waals surface area contributed by atoms with Gasteiger partial charge in [0.1, 0.15) is 5.56 Å². The standard InChI is InChI=1S/C13H16FN3O3.ClH/c14-5-8(6-15)7-17-13(19)11-10(20-17)3-4-16(12(11)18)9-1-2-9;/h5,9H,1-4,6-7,15H2;1H. The van der Waals surface area contributed by atoms with Crippen LogP contribution >= 0.6 is 12.4 Å². The fourth-order valence-corrected chi connectivity index (χ4v) is 2.48. The van der Waals surface area contributed by atoms with Crippen LogP contribution in [0.1, 0.15) is 29.0 Å². The Morgan fingerprint density at radius 2 is 2.14 bits per heavy atom. The van der Waals surface area contributed by atoms with Gasteiger partial charge < -0.3 is 15.2 Å². The Labute approximate surface area is 126 Å². The van der Waals surface area contributed by atoms with E-state index in [0.29, 0.717) is 25.1 Å². The van der Waals surface area contributed by atoms with Gasteiger partial charge in [0, 0.05) is 25.6 Å². The Morgan fingerprint density at radius 1 is 1.43 bits per heavy atom. The normalized spacial score (nSPS) is 18.5. The van der Waals surface area contributed by atoms with Crippen LogP contribution in [0.4, 0.5) is 4.39 Å². The van der Waals surface area contributed by atoms with Crippen molar-refractivity contribution in [3.63, 3.8) is 0 Å². The number of amides is 1. The molecule has 1 fully saturated rings. The fraction of sp³-hybridized carbons (Fsp3) is 0.538. The van der Waals surface area contributed by atoms with Crippen LogP contribution < -0.4 is 11.3 Å².